The largest absolute Gasteiger partial charge is 0.346 e. The molecular formula is C40H28O4S. The average Bonchev–Trinajstić information content (AvgIpc) is 3.62. The average molecular weight is 605 g/mol. The van der Waals surface area contributed by atoms with Crippen LogP contribution in [-0.2, 0) is 25.1 Å². The Hall–Kier alpha value is -5.35. The Morgan fingerprint density at radius 3 is 1.44 bits per heavy atom. The molecule has 218 valence electrons. The summed E-state index contributed by atoms with van der Waals surface area (Å²) in [6.07, 6.45) is -0.400. The molecule has 0 aromatic heterocycles. The van der Waals surface area contributed by atoms with Crippen LogP contribution in [0.3, 0.4) is 0 Å². The summed E-state index contributed by atoms with van der Waals surface area (Å²) in [4.78, 5) is 0.291. The van der Waals surface area contributed by atoms with Crippen molar-refractivity contribution in [2.24, 2.45) is 0 Å². The monoisotopic (exact) mass is 604 g/mol. The maximum atomic E-state index is 13.0. The lowest BCUT2D eigenvalue weighted by atomic mass is 10.0. The third kappa shape index (κ3) is 7.42. The van der Waals surface area contributed by atoms with Crippen LogP contribution < -0.4 is 0 Å². The molecule has 1 aliphatic heterocycles. The quantitative estimate of drug-likeness (QED) is 0.209. The Kier molecular flexibility index (Phi) is 9.22. The summed E-state index contributed by atoms with van der Waals surface area (Å²) in [7, 11) is -3.51. The zero-order chi connectivity index (χ0) is 30.9. The molecule has 45 heavy (non-hydrogen) atoms. The van der Waals surface area contributed by atoms with E-state index >= 15 is 0 Å². The van der Waals surface area contributed by atoms with Gasteiger partial charge >= 0.3 is 0 Å². The number of rotatable bonds is 4. The molecule has 0 N–H and O–H groups in total. The molecule has 1 saturated heterocycles. The third-order valence-corrected chi connectivity index (χ3v) is 8.83. The van der Waals surface area contributed by atoms with Crippen LogP contribution in [0.4, 0.5) is 0 Å². The highest BCUT2D eigenvalue weighted by Crippen LogP contribution is 2.26. The second-order valence-corrected chi connectivity index (χ2v) is 12.2. The van der Waals surface area contributed by atoms with Crippen molar-refractivity contribution in [3.05, 3.63) is 172 Å². The van der Waals surface area contributed by atoms with Gasteiger partial charge in [-0.15, -0.1) is 0 Å². The van der Waals surface area contributed by atoms with Crippen molar-refractivity contribution in [3.63, 3.8) is 0 Å². The molecule has 0 bridgehead atoms. The molecule has 6 rings (SSSR count). The zero-order valence-corrected chi connectivity index (χ0v) is 25.2. The number of ether oxygens (including phenoxy) is 2. The predicted molar refractivity (Wildman–Crippen MR) is 176 cm³/mol. The van der Waals surface area contributed by atoms with Gasteiger partial charge in [0.15, 0.2) is 16.1 Å². The summed E-state index contributed by atoms with van der Waals surface area (Å²) in [5, 5.41) is 0. The smallest absolute Gasteiger partial charge is 0.185 e. The Labute approximate surface area is 264 Å². The van der Waals surface area contributed by atoms with E-state index in [0.717, 1.165) is 33.4 Å². The molecule has 0 aliphatic carbocycles. The first-order valence-corrected chi connectivity index (χ1v) is 16.1. The van der Waals surface area contributed by atoms with E-state index in [-0.39, 0.29) is 5.75 Å². The fourth-order valence-corrected chi connectivity index (χ4v) is 6.24. The van der Waals surface area contributed by atoms with Gasteiger partial charge in [-0.25, -0.2) is 8.42 Å². The highest BCUT2D eigenvalue weighted by Gasteiger charge is 2.20. The Morgan fingerprint density at radius 1 is 0.489 bits per heavy atom. The molecule has 1 heterocycles. The van der Waals surface area contributed by atoms with Gasteiger partial charge in [-0.2, -0.15) is 0 Å². The molecule has 1 fully saturated rings. The first-order valence-electron chi connectivity index (χ1n) is 14.5. The minimum atomic E-state index is -3.51. The lowest BCUT2D eigenvalue weighted by molar-refractivity contribution is -0.0442. The van der Waals surface area contributed by atoms with Crippen LogP contribution >= 0.6 is 0 Å². The minimum Gasteiger partial charge on any atom is -0.346 e. The molecule has 4 nitrogen and oxygen atoms in total. The first-order chi connectivity index (χ1) is 22.1. The van der Waals surface area contributed by atoms with Gasteiger partial charge in [0, 0.05) is 38.9 Å². The van der Waals surface area contributed by atoms with E-state index in [1.54, 1.807) is 36.4 Å². The van der Waals surface area contributed by atoms with Gasteiger partial charge in [0.1, 0.15) is 0 Å². The van der Waals surface area contributed by atoms with Crippen molar-refractivity contribution in [1.29, 1.82) is 0 Å². The zero-order valence-electron chi connectivity index (χ0n) is 24.4. The SMILES string of the molecule is O=S(=O)(Cc1ccccc1C#Cc1ccccc1C#Cc1ccccc1C#Cc1ccccc1C1OCCO1)c1ccccc1. The van der Waals surface area contributed by atoms with Gasteiger partial charge < -0.3 is 9.47 Å². The van der Waals surface area contributed by atoms with Crippen molar-refractivity contribution in [1.82, 2.24) is 0 Å². The lowest BCUT2D eigenvalue weighted by Gasteiger charge is -2.10. The van der Waals surface area contributed by atoms with E-state index < -0.39 is 16.1 Å². The van der Waals surface area contributed by atoms with Crippen molar-refractivity contribution >= 4 is 9.84 Å². The van der Waals surface area contributed by atoms with E-state index in [1.165, 1.54) is 0 Å². The molecular weight excluding hydrogens is 577 g/mol. The third-order valence-electron chi connectivity index (χ3n) is 7.15. The van der Waals surface area contributed by atoms with Gasteiger partial charge in [-0.05, 0) is 54.1 Å². The summed E-state index contributed by atoms with van der Waals surface area (Å²) in [6.45, 7) is 1.14. The maximum absolute atomic E-state index is 13.0. The Morgan fingerprint density at radius 2 is 0.889 bits per heavy atom. The number of benzene rings is 5. The summed E-state index contributed by atoms with van der Waals surface area (Å²) >= 11 is 0. The van der Waals surface area contributed by atoms with Crippen LogP contribution in [0.15, 0.2) is 132 Å². The van der Waals surface area contributed by atoms with Crippen LogP contribution in [0.2, 0.25) is 0 Å². The van der Waals surface area contributed by atoms with Crippen LogP contribution in [0.25, 0.3) is 0 Å². The van der Waals surface area contributed by atoms with Crippen LogP contribution in [0, 0.1) is 35.5 Å². The maximum Gasteiger partial charge on any atom is 0.185 e. The number of hydrogen-bond acceptors (Lipinski definition) is 4. The van der Waals surface area contributed by atoms with E-state index in [0.29, 0.717) is 29.2 Å². The molecule has 0 radical (unpaired) electrons. The van der Waals surface area contributed by atoms with Gasteiger partial charge in [-0.3, -0.25) is 0 Å². The summed E-state index contributed by atoms with van der Waals surface area (Å²) in [6, 6.07) is 39.1. The van der Waals surface area contributed by atoms with Gasteiger partial charge in [0.25, 0.3) is 0 Å². The van der Waals surface area contributed by atoms with Crippen LogP contribution in [-0.4, -0.2) is 21.6 Å². The summed E-state index contributed by atoms with van der Waals surface area (Å²) in [5.41, 5.74) is 6.21. The van der Waals surface area contributed by atoms with E-state index in [1.807, 2.05) is 91.0 Å². The molecule has 0 atom stereocenters. The van der Waals surface area contributed by atoms with Crippen molar-refractivity contribution in [2.75, 3.05) is 13.2 Å². The molecule has 0 saturated carbocycles. The standard InChI is InChI=1S/C40H28O4S/c41-45(42,38-19-2-1-3-20-38)30-37-18-9-8-16-35(37)25-24-33-14-5-4-12-31(33)22-23-32-13-6-7-15-34(32)26-27-36-17-10-11-21-39(36)40-43-28-29-44-40/h1-21,40H,28-30H2. The Balaban J connectivity index is 1.27. The molecule has 0 unspecified atom stereocenters. The normalized spacial score (nSPS) is 12.6. The minimum absolute atomic E-state index is 0.133. The fourth-order valence-electron chi connectivity index (χ4n) is 4.84. The number of sulfone groups is 1. The second kappa shape index (κ2) is 14.0. The molecule has 0 spiro atoms. The van der Waals surface area contributed by atoms with Gasteiger partial charge in [0.05, 0.1) is 23.9 Å². The van der Waals surface area contributed by atoms with E-state index in [9.17, 15) is 8.42 Å². The van der Waals surface area contributed by atoms with Crippen molar-refractivity contribution in [2.45, 2.75) is 16.9 Å². The number of hydrogen-bond donors (Lipinski definition) is 0. The summed E-state index contributed by atoms with van der Waals surface area (Å²) < 4.78 is 37.5. The molecule has 0 amide bonds. The topological polar surface area (TPSA) is 52.6 Å². The van der Waals surface area contributed by atoms with E-state index in [2.05, 4.69) is 35.5 Å². The Bertz CT molecular complexity index is 2130. The second-order valence-electron chi connectivity index (χ2n) is 10.2. The first kappa shape index (κ1) is 29.7. The predicted octanol–water partition coefficient (Wildman–Crippen LogP) is 6.91. The van der Waals surface area contributed by atoms with Gasteiger partial charge in [0.2, 0.25) is 0 Å². The highest BCUT2D eigenvalue weighted by molar-refractivity contribution is 7.90. The van der Waals surface area contributed by atoms with Crippen LogP contribution in [0.5, 0.6) is 0 Å². The molecule has 1 aliphatic rings. The van der Waals surface area contributed by atoms with Gasteiger partial charge in [-0.1, -0.05) is 114 Å². The van der Waals surface area contributed by atoms with Crippen molar-refractivity contribution in [3.8, 4) is 35.5 Å². The lowest BCUT2D eigenvalue weighted by Crippen LogP contribution is -2.06. The molecule has 5 aromatic carbocycles. The summed E-state index contributed by atoms with van der Waals surface area (Å²) in [5.74, 6) is 19.4. The highest BCUT2D eigenvalue weighted by atomic mass is 32.2. The van der Waals surface area contributed by atoms with Crippen LogP contribution in [0.1, 0.15) is 50.8 Å². The molecule has 5 heteroatoms. The molecule has 5 aromatic rings. The van der Waals surface area contributed by atoms with E-state index in [4.69, 9.17) is 9.47 Å². The fraction of sp³-hybridized carbons (Fsp3) is 0.100. The van der Waals surface area contributed by atoms with Crippen molar-refractivity contribution < 1.29 is 17.9 Å².